The van der Waals surface area contributed by atoms with E-state index in [0.29, 0.717) is 18.4 Å². The number of nitrogens with zero attached hydrogens (tertiary/aromatic N) is 3. The number of rotatable bonds is 14. The molecule has 0 saturated heterocycles. The molecule has 2 aromatic rings. The van der Waals surface area contributed by atoms with Gasteiger partial charge < -0.3 is 5.73 Å². The van der Waals surface area contributed by atoms with Gasteiger partial charge in [0.2, 0.25) is 0 Å². The van der Waals surface area contributed by atoms with Crippen LogP contribution in [-0.4, -0.2) is 21.5 Å². The molecule has 0 spiro atoms. The van der Waals surface area contributed by atoms with Gasteiger partial charge in [0.25, 0.3) is 0 Å². The van der Waals surface area contributed by atoms with Crippen molar-refractivity contribution >= 4 is 11.0 Å². The van der Waals surface area contributed by atoms with E-state index in [-0.39, 0.29) is 5.54 Å². The van der Waals surface area contributed by atoms with E-state index in [0.717, 1.165) is 23.9 Å². The summed E-state index contributed by atoms with van der Waals surface area (Å²) in [6.07, 6.45) is 12.3. The zero-order valence-electron chi connectivity index (χ0n) is 19.6. The lowest BCUT2D eigenvalue weighted by atomic mass is 9.76. The van der Waals surface area contributed by atoms with Gasteiger partial charge in [0.15, 0.2) is 0 Å². The van der Waals surface area contributed by atoms with Crippen LogP contribution in [0.1, 0.15) is 97.5 Å². The molecule has 0 aliphatic rings. The molecule has 29 heavy (non-hydrogen) atoms. The van der Waals surface area contributed by atoms with Crippen molar-refractivity contribution in [3.8, 4) is 0 Å². The van der Waals surface area contributed by atoms with Crippen LogP contribution in [-0.2, 0) is 5.54 Å². The van der Waals surface area contributed by atoms with Gasteiger partial charge in [-0.25, -0.2) is 4.68 Å². The molecule has 1 aromatic carbocycles. The Bertz CT molecular complexity index is 703. The van der Waals surface area contributed by atoms with Gasteiger partial charge >= 0.3 is 0 Å². The van der Waals surface area contributed by atoms with Crippen molar-refractivity contribution in [2.75, 3.05) is 6.54 Å². The van der Waals surface area contributed by atoms with Crippen molar-refractivity contribution in [1.82, 2.24) is 15.0 Å². The average molecular weight is 401 g/mol. The van der Waals surface area contributed by atoms with E-state index in [1.165, 1.54) is 56.9 Å². The molecule has 0 radical (unpaired) electrons. The topological polar surface area (TPSA) is 56.7 Å². The summed E-state index contributed by atoms with van der Waals surface area (Å²) >= 11 is 0. The van der Waals surface area contributed by atoms with Crippen LogP contribution in [0.25, 0.3) is 11.0 Å². The Balaban J connectivity index is 2.47. The molecule has 0 amide bonds. The van der Waals surface area contributed by atoms with Crippen molar-refractivity contribution in [2.45, 2.75) is 104 Å². The molecule has 2 N–H and O–H groups in total. The first-order valence-corrected chi connectivity index (χ1v) is 12.1. The second-order valence-corrected chi connectivity index (χ2v) is 9.11. The van der Waals surface area contributed by atoms with Gasteiger partial charge in [-0.2, -0.15) is 0 Å². The van der Waals surface area contributed by atoms with Gasteiger partial charge in [0.1, 0.15) is 5.52 Å². The minimum atomic E-state index is -0.147. The lowest BCUT2D eigenvalue weighted by Gasteiger charge is -2.39. The SMILES string of the molecule is CCCCC(CC)CC(CN)(CC(CC)CCCC)n1nnc2c(C)cccc21. The maximum Gasteiger partial charge on any atom is 0.116 e. The van der Waals surface area contributed by atoms with Gasteiger partial charge in [-0.3, -0.25) is 0 Å². The molecule has 4 heteroatoms. The Morgan fingerprint density at radius 3 is 2.03 bits per heavy atom. The number of aryl methyl sites for hydroxylation is 1. The molecule has 0 saturated carbocycles. The van der Waals surface area contributed by atoms with Crippen LogP contribution in [0.3, 0.4) is 0 Å². The maximum absolute atomic E-state index is 6.60. The number of aromatic nitrogens is 3. The fraction of sp³-hybridized carbons (Fsp3) is 0.760. The van der Waals surface area contributed by atoms with Crippen LogP contribution in [0.2, 0.25) is 0 Å². The summed E-state index contributed by atoms with van der Waals surface area (Å²) in [6.45, 7) is 12.0. The highest BCUT2D eigenvalue weighted by atomic mass is 15.5. The van der Waals surface area contributed by atoms with Crippen LogP contribution >= 0.6 is 0 Å². The van der Waals surface area contributed by atoms with E-state index in [4.69, 9.17) is 10.9 Å². The highest BCUT2D eigenvalue weighted by molar-refractivity contribution is 5.78. The van der Waals surface area contributed by atoms with Crippen LogP contribution in [0.4, 0.5) is 0 Å². The predicted molar refractivity (Wildman–Crippen MR) is 125 cm³/mol. The molecule has 0 fully saturated rings. The normalized spacial score (nSPS) is 16.1. The van der Waals surface area contributed by atoms with Crippen molar-refractivity contribution in [1.29, 1.82) is 0 Å². The van der Waals surface area contributed by atoms with Crippen molar-refractivity contribution < 1.29 is 0 Å². The summed E-state index contributed by atoms with van der Waals surface area (Å²) in [5.74, 6) is 1.37. The third-order valence-corrected chi connectivity index (χ3v) is 6.93. The Morgan fingerprint density at radius 2 is 1.55 bits per heavy atom. The Hall–Kier alpha value is -1.42. The third-order valence-electron chi connectivity index (χ3n) is 6.93. The third kappa shape index (κ3) is 5.81. The summed E-state index contributed by atoms with van der Waals surface area (Å²) < 4.78 is 2.22. The van der Waals surface area contributed by atoms with Gasteiger partial charge in [0, 0.05) is 6.54 Å². The molecule has 1 heterocycles. The fourth-order valence-electron chi connectivity index (χ4n) is 4.90. The highest BCUT2D eigenvalue weighted by Gasteiger charge is 2.37. The lowest BCUT2D eigenvalue weighted by Crippen LogP contribution is -2.45. The zero-order chi connectivity index (χ0) is 21.3. The summed E-state index contributed by atoms with van der Waals surface area (Å²) in [7, 11) is 0. The number of hydrogen-bond acceptors (Lipinski definition) is 3. The van der Waals surface area contributed by atoms with Crippen LogP contribution in [0.5, 0.6) is 0 Å². The zero-order valence-corrected chi connectivity index (χ0v) is 19.6. The first kappa shape index (κ1) is 23.9. The van der Waals surface area contributed by atoms with Crippen LogP contribution in [0.15, 0.2) is 18.2 Å². The van der Waals surface area contributed by atoms with E-state index in [1.54, 1.807) is 0 Å². The van der Waals surface area contributed by atoms with Gasteiger partial charge in [-0.1, -0.05) is 96.4 Å². The predicted octanol–water partition coefficient (Wildman–Crippen LogP) is 6.61. The van der Waals surface area contributed by atoms with Gasteiger partial charge in [-0.15, -0.1) is 5.10 Å². The number of unbranched alkanes of at least 4 members (excludes halogenated alkanes) is 2. The largest absolute Gasteiger partial charge is 0.328 e. The Morgan fingerprint density at radius 1 is 0.966 bits per heavy atom. The van der Waals surface area contributed by atoms with Gasteiger partial charge in [0.05, 0.1) is 11.1 Å². The molecular weight excluding hydrogens is 356 g/mol. The first-order valence-electron chi connectivity index (χ1n) is 12.1. The second kappa shape index (κ2) is 11.7. The summed E-state index contributed by atoms with van der Waals surface area (Å²) in [5, 5.41) is 9.30. The Labute approximate surface area is 178 Å². The summed E-state index contributed by atoms with van der Waals surface area (Å²) in [5.41, 5.74) is 9.81. The summed E-state index contributed by atoms with van der Waals surface area (Å²) in [6, 6.07) is 6.42. The standard InChI is InChI=1S/C25H44N4/c1-6-10-14-21(8-3)17-25(19-26,18-22(9-4)15-11-7-2)29-23-16-12-13-20(5)24(23)27-28-29/h12-13,16,21-22H,6-11,14-15,17-19,26H2,1-5H3. The van der Waals surface area contributed by atoms with Crippen molar-refractivity contribution in [2.24, 2.45) is 17.6 Å². The molecule has 2 atom stereocenters. The fourth-order valence-corrected chi connectivity index (χ4v) is 4.90. The van der Waals surface area contributed by atoms with Crippen LogP contribution in [0, 0.1) is 18.8 Å². The monoisotopic (exact) mass is 400 g/mol. The molecule has 164 valence electrons. The molecular formula is C25H44N4. The molecule has 0 aliphatic carbocycles. The highest BCUT2D eigenvalue weighted by Crippen LogP contribution is 2.38. The molecule has 2 unspecified atom stereocenters. The quantitative estimate of drug-likeness (QED) is 0.388. The first-order chi connectivity index (χ1) is 14.0. The number of fused-ring (bicyclic) bond motifs is 1. The van der Waals surface area contributed by atoms with E-state index in [9.17, 15) is 0 Å². The molecule has 4 nitrogen and oxygen atoms in total. The minimum Gasteiger partial charge on any atom is -0.328 e. The number of nitrogens with two attached hydrogens (primary N) is 1. The van der Waals surface area contributed by atoms with E-state index in [2.05, 4.69) is 62.6 Å². The number of benzene rings is 1. The minimum absolute atomic E-state index is 0.147. The van der Waals surface area contributed by atoms with E-state index in [1.807, 2.05) is 0 Å². The molecule has 0 aliphatic heterocycles. The van der Waals surface area contributed by atoms with E-state index >= 15 is 0 Å². The number of hydrogen-bond donors (Lipinski definition) is 1. The van der Waals surface area contributed by atoms with Gasteiger partial charge in [-0.05, 0) is 43.2 Å². The summed E-state index contributed by atoms with van der Waals surface area (Å²) in [4.78, 5) is 0. The maximum atomic E-state index is 6.60. The van der Waals surface area contributed by atoms with Crippen LogP contribution < -0.4 is 5.73 Å². The van der Waals surface area contributed by atoms with Crippen molar-refractivity contribution in [3.05, 3.63) is 23.8 Å². The lowest BCUT2D eigenvalue weighted by molar-refractivity contribution is 0.146. The second-order valence-electron chi connectivity index (χ2n) is 9.11. The molecule has 2 rings (SSSR count). The Kier molecular flexibility index (Phi) is 9.61. The molecule has 0 bridgehead atoms. The van der Waals surface area contributed by atoms with E-state index < -0.39 is 0 Å². The molecule has 1 aromatic heterocycles. The smallest absolute Gasteiger partial charge is 0.116 e. The average Bonchev–Trinajstić information content (AvgIpc) is 3.19. The van der Waals surface area contributed by atoms with Crippen molar-refractivity contribution in [3.63, 3.8) is 0 Å².